The predicted molar refractivity (Wildman–Crippen MR) is 97.8 cm³/mol. The van der Waals surface area contributed by atoms with E-state index in [0.717, 1.165) is 5.52 Å². The molecule has 0 saturated carbocycles. The lowest BCUT2D eigenvalue weighted by atomic mass is 10.1. The SMILES string of the molecule is N#CCCn1cc(C(=O)COC(=O)c2ccc([N+](=O)[O-])s2)c2ccccc21. The molecule has 3 aromatic rings. The van der Waals surface area contributed by atoms with Crippen molar-refractivity contribution in [2.45, 2.75) is 13.0 Å². The molecular formula is C18H13N3O5S. The number of nitro groups is 1. The van der Waals surface area contributed by atoms with Gasteiger partial charge in [0.25, 0.3) is 0 Å². The molecule has 1 aromatic carbocycles. The van der Waals surface area contributed by atoms with E-state index in [4.69, 9.17) is 10.00 Å². The normalized spacial score (nSPS) is 10.5. The number of para-hydroxylation sites is 1. The van der Waals surface area contributed by atoms with Gasteiger partial charge in [-0.05, 0) is 12.1 Å². The minimum absolute atomic E-state index is 0.0611. The van der Waals surface area contributed by atoms with Gasteiger partial charge in [-0.25, -0.2) is 4.79 Å². The van der Waals surface area contributed by atoms with Gasteiger partial charge in [-0.1, -0.05) is 29.5 Å². The van der Waals surface area contributed by atoms with E-state index in [1.165, 1.54) is 12.1 Å². The maximum absolute atomic E-state index is 12.5. The summed E-state index contributed by atoms with van der Waals surface area (Å²) in [6, 6.07) is 11.8. The Labute approximate surface area is 157 Å². The van der Waals surface area contributed by atoms with Gasteiger partial charge in [0.15, 0.2) is 6.61 Å². The number of carbonyl (C=O) groups excluding carboxylic acids is 2. The third kappa shape index (κ3) is 3.86. The molecule has 0 saturated heterocycles. The summed E-state index contributed by atoms with van der Waals surface area (Å²) in [4.78, 5) is 34.7. The Morgan fingerprint density at radius 3 is 2.74 bits per heavy atom. The Hall–Kier alpha value is -3.51. The van der Waals surface area contributed by atoms with Gasteiger partial charge in [0, 0.05) is 35.3 Å². The Balaban J connectivity index is 1.75. The molecule has 0 aliphatic rings. The van der Waals surface area contributed by atoms with Crippen LogP contribution in [0, 0.1) is 21.4 Å². The van der Waals surface area contributed by atoms with Crippen molar-refractivity contribution >= 4 is 39.0 Å². The molecule has 0 aliphatic heterocycles. The van der Waals surface area contributed by atoms with Crippen LogP contribution in [-0.2, 0) is 11.3 Å². The van der Waals surface area contributed by atoms with Gasteiger partial charge in [0.1, 0.15) is 4.88 Å². The molecule has 0 bridgehead atoms. The molecule has 0 amide bonds. The molecule has 0 spiro atoms. The number of hydrogen-bond donors (Lipinski definition) is 0. The van der Waals surface area contributed by atoms with Crippen molar-refractivity contribution in [3.05, 3.63) is 63.1 Å². The molecule has 0 radical (unpaired) electrons. The fraction of sp³-hybridized carbons (Fsp3) is 0.167. The molecular weight excluding hydrogens is 370 g/mol. The topological polar surface area (TPSA) is 115 Å². The van der Waals surface area contributed by atoms with Gasteiger partial charge in [0.05, 0.1) is 17.4 Å². The molecule has 9 heteroatoms. The van der Waals surface area contributed by atoms with Gasteiger partial charge >= 0.3 is 11.0 Å². The van der Waals surface area contributed by atoms with Crippen molar-refractivity contribution in [1.29, 1.82) is 5.26 Å². The molecule has 2 heterocycles. The minimum atomic E-state index is -0.783. The Kier molecular flexibility index (Phi) is 5.28. The lowest BCUT2D eigenvalue weighted by Crippen LogP contribution is -2.13. The predicted octanol–water partition coefficient (Wildman–Crippen LogP) is 3.56. The number of ketones is 1. The number of aryl methyl sites for hydroxylation is 1. The second-order valence-electron chi connectivity index (χ2n) is 5.56. The van der Waals surface area contributed by atoms with Crippen LogP contribution < -0.4 is 0 Å². The second kappa shape index (κ2) is 7.80. The number of carbonyl (C=O) groups is 2. The third-order valence-electron chi connectivity index (χ3n) is 3.86. The van der Waals surface area contributed by atoms with Crippen LogP contribution >= 0.6 is 11.3 Å². The van der Waals surface area contributed by atoms with Crippen molar-refractivity contribution in [1.82, 2.24) is 4.57 Å². The van der Waals surface area contributed by atoms with E-state index in [9.17, 15) is 19.7 Å². The number of esters is 1. The molecule has 136 valence electrons. The Bertz CT molecular complexity index is 1080. The summed E-state index contributed by atoms with van der Waals surface area (Å²) in [6.07, 6.45) is 1.95. The molecule has 0 atom stereocenters. The summed E-state index contributed by atoms with van der Waals surface area (Å²) in [5, 5.41) is 20.0. The van der Waals surface area contributed by atoms with Crippen LogP contribution in [-0.4, -0.2) is 27.8 Å². The van der Waals surface area contributed by atoms with Gasteiger partial charge in [-0.2, -0.15) is 5.26 Å². The highest BCUT2D eigenvalue weighted by Crippen LogP contribution is 2.25. The van der Waals surface area contributed by atoms with Crippen LogP contribution in [0.1, 0.15) is 26.5 Å². The summed E-state index contributed by atoms with van der Waals surface area (Å²) in [6.45, 7) is -0.0280. The standard InChI is InChI=1S/C18H13N3O5S/c19-8-3-9-20-10-13(12-4-1-2-5-14(12)20)15(22)11-26-18(23)16-6-7-17(27-16)21(24)25/h1-2,4-7,10H,3,9,11H2. The van der Waals surface area contributed by atoms with Crippen molar-refractivity contribution in [2.75, 3.05) is 6.61 Å². The molecule has 0 fully saturated rings. The zero-order valence-corrected chi connectivity index (χ0v) is 14.8. The summed E-state index contributed by atoms with van der Waals surface area (Å²) < 4.78 is 6.83. The first kappa shape index (κ1) is 18.3. The lowest BCUT2D eigenvalue weighted by Gasteiger charge is -2.02. The van der Waals surface area contributed by atoms with E-state index in [0.29, 0.717) is 35.3 Å². The molecule has 27 heavy (non-hydrogen) atoms. The van der Waals surface area contributed by atoms with E-state index in [2.05, 4.69) is 6.07 Å². The molecule has 8 nitrogen and oxygen atoms in total. The van der Waals surface area contributed by atoms with Gasteiger partial charge in [0.2, 0.25) is 5.78 Å². The first-order valence-corrected chi connectivity index (χ1v) is 8.72. The van der Waals surface area contributed by atoms with Gasteiger partial charge in [-0.3, -0.25) is 14.9 Å². The zero-order valence-electron chi connectivity index (χ0n) is 14.0. The monoisotopic (exact) mass is 383 g/mol. The Morgan fingerprint density at radius 2 is 2.04 bits per heavy atom. The lowest BCUT2D eigenvalue weighted by molar-refractivity contribution is -0.380. The van der Waals surface area contributed by atoms with Gasteiger partial charge < -0.3 is 9.30 Å². The number of fused-ring (bicyclic) bond motifs is 1. The number of rotatable bonds is 7. The van der Waals surface area contributed by atoms with Crippen molar-refractivity contribution < 1.29 is 19.2 Å². The number of ether oxygens (including phenoxy) is 1. The van der Waals surface area contributed by atoms with E-state index in [1.807, 2.05) is 16.7 Å². The summed E-state index contributed by atoms with van der Waals surface area (Å²) in [7, 11) is 0. The minimum Gasteiger partial charge on any atom is -0.453 e. The smallest absolute Gasteiger partial charge is 0.349 e. The maximum atomic E-state index is 12.5. The van der Waals surface area contributed by atoms with Crippen molar-refractivity contribution in [3.63, 3.8) is 0 Å². The number of Topliss-reactive ketones (excluding diaryl/α,β-unsaturated/α-hetero) is 1. The highest BCUT2D eigenvalue weighted by Gasteiger charge is 2.20. The summed E-state index contributed by atoms with van der Waals surface area (Å²) >= 11 is 0.693. The van der Waals surface area contributed by atoms with Gasteiger partial charge in [-0.15, -0.1) is 0 Å². The van der Waals surface area contributed by atoms with Crippen LogP contribution in [0.15, 0.2) is 42.6 Å². The number of aromatic nitrogens is 1. The number of nitriles is 1. The van der Waals surface area contributed by atoms with E-state index >= 15 is 0 Å². The molecule has 2 aromatic heterocycles. The molecule has 0 N–H and O–H groups in total. The summed E-state index contributed by atoms with van der Waals surface area (Å²) in [5.74, 6) is -1.17. The van der Waals surface area contributed by atoms with Crippen LogP contribution in [0.5, 0.6) is 0 Å². The summed E-state index contributed by atoms with van der Waals surface area (Å²) in [5.41, 5.74) is 1.21. The second-order valence-corrected chi connectivity index (χ2v) is 6.62. The first-order chi connectivity index (χ1) is 13.0. The highest BCUT2D eigenvalue weighted by atomic mass is 32.1. The highest BCUT2D eigenvalue weighted by molar-refractivity contribution is 7.17. The Morgan fingerprint density at radius 1 is 1.26 bits per heavy atom. The third-order valence-corrected chi connectivity index (χ3v) is 4.88. The van der Waals surface area contributed by atoms with E-state index in [1.54, 1.807) is 18.3 Å². The van der Waals surface area contributed by atoms with Crippen molar-refractivity contribution in [2.24, 2.45) is 0 Å². The van der Waals surface area contributed by atoms with Crippen LogP contribution in [0.2, 0.25) is 0 Å². The number of hydrogen-bond acceptors (Lipinski definition) is 7. The number of nitrogens with zero attached hydrogens (tertiary/aromatic N) is 3. The van der Waals surface area contributed by atoms with E-state index < -0.39 is 17.5 Å². The van der Waals surface area contributed by atoms with Crippen LogP contribution in [0.3, 0.4) is 0 Å². The maximum Gasteiger partial charge on any atom is 0.349 e. The van der Waals surface area contributed by atoms with Crippen LogP contribution in [0.4, 0.5) is 5.00 Å². The fourth-order valence-electron chi connectivity index (χ4n) is 2.64. The first-order valence-electron chi connectivity index (χ1n) is 7.90. The largest absolute Gasteiger partial charge is 0.453 e. The number of thiophene rings is 1. The van der Waals surface area contributed by atoms with Crippen molar-refractivity contribution in [3.8, 4) is 6.07 Å². The molecule has 3 rings (SSSR count). The van der Waals surface area contributed by atoms with E-state index in [-0.39, 0.29) is 15.7 Å². The molecule has 0 aliphatic carbocycles. The fourth-order valence-corrected chi connectivity index (χ4v) is 3.35. The number of benzene rings is 1. The average Bonchev–Trinajstić information content (AvgIpc) is 3.30. The van der Waals surface area contributed by atoms with Crippen LogP contribution in [0.25, 0.3) is 10.9 Å². The quantitative estimate of drug-likeness (QED) is 0.267. The average molecular weight is 383 g/mol. The zero-order chi connectivity index (χ0) is 19.4. The molecule has 0 unspecified atom stereocenters.